The molecule has 0 spiro atoms. The number of hydrogen-bond acceptors (Lipinski definition) is 4. The highest BCUT2D eigenvalue weighted by Crippen LogP contribution is 2.26. The third-order valence-corrected chi connectivity index (χ3v) is 4.42. The second-order valence-corrected chi connectivity index (χ2v) is 6.16. The minimum absolute atomic E-state index is 0.843. The fourth-order valence-electron chi connectivity index (χ4n) is 2.89. The van der Waals surface area contributed by atoms with Gasteiger partial charge in [-0.25, -0.2) is 4.98 Å². The molecule has 5 heteroatoms. The van der Waals surface area contributed by atoms with E-state index in [-0.39, 0.29) is 0 Å². The summed E-state index contributed by atoms with van der Waals surface area (Å²) in [5.74, 6) is 1.75. The maximum Gasteiger partial charge on any atom is 0.194 e. The van der Waals surface area contributed by atoms with Gasteiger partial charge in [-0.15, -0.1) is 0 Å². The van der Waals surface area contributed by atoms with Crippen molar-refractivity contribution in [3.05, 3.63) is 47.1 Å². The number of nitrogens with zero attached hydrogens (tertiary/aromatic N) is 3. The first-order valence-corrected chi connectivity index (χ1v) is 8.23. The van der Waals surface area contributed by atoms with Crippen LogP contribution >= 0.6 is 11.6 Å². The van der Waals surface area contributed by atoms with E-state index in [1.165, 1.54) is 0 Å². The zero-order chi connectivity index (χ0) is 15.4. The number of benzene rings is 1. The van der Waals surface area contributed by atoms with Crippen LogP contribution in [0.4, 0.5) is 5.69 Å². The third kappa shape index (κ3) is 3.81. The molecule has 0 amide bonds. The Morgan fingerprint density at radius 1 is 1.18 bits per heavy atom. The minimum Gasteiger partial charge on any atom is -0.446 e. The zero-order valence-corrected chi connectivity index (χ0v) is 13.7. The van der Waals surface area contributed by atoms with Crippen molar-refractivity contribution in [2.24, 2.45) is 0 Å². The fourth-order valence-corrected chi connectivity index (χ4v) is 3.15. The average molecular weight is 320 g/mol. The summed E-state index contributed by atoms with van der Waals surface area (Å²) in [6, 6.07) is 8.09. The predicted octanol–water partition coefficient (Wildman–Crippen LogP) is 3.39. The van der Waals surface area contributed by atoms with E-state index in [1.807, 2.05) is 25.1 Å². The van der Waals surface area contributed by atoms with Gasteiger partial charge in [0.15, 0.2) is 5.89 Å². The maximum absolute atomic E-state index is 6.27. The topological polar surface area (TPSA) is 32.5 Å². The van der Waals surface area contributed by atoms with Crippen molar-refractivity contribution in [3.63, 3.8) is 0 Å². The number of aryl methyl sites for hydroxylation is 2. The molecular weight excluding hydrogens is 298 g/mol. The summed E-state index contributed by atoms with van der Waals surface area (Å²) in [4.78, 5) is 9.13. The predicted molar refractivity (Wildman–Crippen MR) is 89.7 cm³/mol. The first kappa shape index (κ1) is 15.4. The molecule has 0 radical (unpaired) electrons. The maximum atomic E-state index is 6.27. The SMILES string of the molecule is Cc1cnc(CCCN2CCN(c3ccccc3Cl)CC2)o1. The summed E-state index contributed by atoms with van der Waals surface area (Å²) >= 11 is 6.27. The molecule has 0 unspecified atom stereocenters. The summed E-state index contributed by atoms with van der Waals surface area (Å²) in [6.07, 6.45) is 3.79. The molecule has 0 atom stereocenters. The van der Waals surface area contributed by atoms with E-state index in [9.17, 15) is 0 Å². The molecule has 0 N–H and O–H groups in total. The van der Waals surface area contributed by atoms with Crippen molar-refractivity contribution in [3.8, 4) is 0 Å². The number of anilines is 1. The van der Waals surface area contributed by atoms with Crippen LogP contribution in [0.25, 0.3) is 0 Å². The van der Waals surface area contributed by atoms with Crippen molar-refractivity contribution in [1.29, 1.82) is 0 Å². The van der Waals surface area contributed by atoms with Gasteiger partial charge in [-0.05, 0) is 32.0 Å². The average Bonchev–Trinajstić information content (AvgIpc) is 2.94. The van der Waals surface area contributed by atoms with Gasteiger partial charge >= 0.3 is 0 Å². The van der Waals surface area contributed by atoms with Gasteiger partial charge in [-0.2, -0.15) is 0 Å². The van der Waals surface area contributed by atoms with Gasteiger partial charge in [-0.1, -0.05) is 23.7 Å². The second kappa shape index (κ2) is 7.16. The molecule has 118 valence electrons. The Labute approximate surface area is 136 Å². The molecule has 1 aromatic heterocycles. The lowest BCUT2D eigenvalue weighted by molar-refractivity contribution is 0.252. The van der Waals surface area contributed by atoms with Crippen LogP contribution < -0.4 is 4.90 Å². The van der Waals surface area contributed by atoms with E-state index >= 15 is 0 Å². The van der Waals surface area contributed by atoms with Gasteiger partial charge in [0.25, 0.3) is 0 Å². The van der Waals surface area contributed by atoms with Gasteiger partial charge in [-0.3, -0.25) is 4.90 Å². The smallest absolute Gasteiger partial charge is 0.194 e. The lowest BCUT2D eigenvalue weighted by atomic mass is 10.2. The Bertz CT molecular complexity index is 605. The van der Waals surface area contributed by atoms with E-state index < -0.39 is 0 Å². The molecule has 1 aliphatic rings. The number of oxazole rings is 1. The summed E-state index contributed by atoms with van der Waals surface area (Å²) in [5, 5.41) is 0.843. The van der Waals surface area contributed by atoms with Crippen molar-refractivity contribution in [2.45, 2.75) is 19.8 Å². The van der Waals surface area contributed by atoms with E-state index in [4.69, 9.17) is 16.0 Å². The Morgan fingerprint density at radius 3 is 2.64 bits per heavy atom. The minimum atomic E-state index is 0.843. The number of aromatic nitrogens is 1. The van der Waals surface area contributed by atoms with Gasteiger partial charge in [0.2, 0.25) is 0 Å². The van der Waals surface area contributed by atoms with Crippen LogP contribution in [0, 0.1) is 6.92 Å². The molecule has 22 heavy (non-hydrogen) atoms. The molecule has 1 aliphatic heterocycles. The van der Waals surface area contributed by atoms with Crippen LogP contribution in [0.5, 0.6) is 0 Å². The monoisotopic (exact) mass is 319 g/mol. The Kier molecular flexibility index (Phi) is 5.01. The lowest BCUT2D eigenvalue weighted by Gasteiger charge is -2.36. The largest absolute Gasteiger partial charge is 0.446 e. The molecular formula is C17H22ClN3O. The highest BCUT2D eigenvalue weighted by atomic mass is 35.5. The molecule has 0 bridgehead atoms. The standard InChI is InChI=1S/C17H22ClN3O/c1-14-13-19-17(22-14)7-4-8-20-9-11-21(12-10-20)16-6-3-2-5-15(16)18/h2-3,5-6,13H,4,7-12H2,1H3. The van der Waals surface area contributed by atoms with Crippen LogP contribution in [-0.2, 0) is 6.42 Å². The van der Waals surface area contributed by atoms with Crippen molar-refractivity contribution >= 4 is 17.3 Å². The molecule has 2 heterocycles. The summed E-state index contributed by atoms with van der Waals surface area (Å²) in [5.41, 5.74) is 1.15. The van der Waals surface area contributed by atoms with Crippen LogP contribution in [0.2, 0.25) is 5.02 Å². The number of rotatable bonds is 5. The van der Waals surface area contributed by atoms with E-state index in [0.717, 1.165) is 67.9 Å². The molecule has 2 aromatic rings. The summed E-state index contributed by atoms with van der Waals surface area (Å²) in [7, 11) is 0. The van der Waals surface area contributed by atoms with Gasteiger partial charge in [0.05, 0.1) is 16.9 Å². The normalized spacial score (nSPS) is 16.2. The van der Waals surface area contributed by atoms with Crippen molar-refractivity contribution in [1.82, 2.24) is 9.88 Å². The Balaban J connectivity index is 1.43. The van der Waals surface area contributed by atoms with Crippen LogP contribution in [0.15, 0.2) is 34.9 Å². The van der Waals surface area contributed by atoms with E-state index in [0.29, 0.717) is 0 Å². The number of halogens is 1. The van der Waals surface area contributed by atoms with Crippen molar-refractivity contribution in [2.75, 3.05) is 37.6 Å². The van der Waals surface area contributed by atoms with Gasteiger partial charge in [0.1, 0.15) is 5.76 Å². The summed E-state index contributed by atoms with van der Waals surface area (Å²) < 4.78 is 5.51. The quantitative estimate of drug-likeness (QED) is 0.845. The fraction of sp³-hybridized carbons (Fsp3) is 0.471. The third-order valence-electron chi connectivity index (χ3n) is 4.10. The number of hydrogen-bond donors (Lipinski definition) is 0. The highest BCUT2D eigenvalue weighted by Gasteiger charge is 2.18. The summed E-state index contributed by atoms with van der Waals surface area (Å²) in [6.45, 7) is 7.25. The Hall–Kier alpha value is -1.52. The number of para-hydroxylation sites is 1. The van der Waals surface area contributed by atoms with Crippen LogP contribution in [-0.4, -0.2) is 42.6 Å². The first-order valence-electron chi connectivity index (χ1n) is 7.85. The van der Waals surface area contributed by atoms with Gasteiger partial charge < -0.3 is 9.32 Å². The van der Waals surface area contributed by atoms with E-state index in [1.54, 1.807) is 6.20 Å². The Morgan fingerprint density at radius 2 is 1.95 bits per heavy atom. The molecule has 4 nitrogen and oxygen atoms in total. The lowest BCUT2D eigenvalue weighted by Crippen LogP contribution is -2.46. The first-order chi connectivity index (χ1) is 10.7. The van der Waals surface area contributed by atoms with Crippen LogP contribution in [0.1, 0.15) is 18.1 Å². The molecule has 0 saturated carbocycles. The second-order valence-electron chi connectivity index (χ2n) is 5.75. The van der Waals surface area contributed by atoms with Gasteiger partial charge in [0, 0.05) is 32.6 Å². The van der Waals surface area contributed by atoms with E-state index in [2.05, 4.69) is 20.9 Å². The highest BCUT2D eigenvalue weighted by molar-refractivity contribution is 6.33. The molecule has 1 saturated heterocycles. The molecule has 1 fully saturated rings. The molecule has 3 rings (SSSR count). The van der Waals surface area contributed by atoms with Crippen LogP contribution in [0.3, 0.4) is 0 Å². The zero-order valence-electron chi connectivity index (χ0n) is 13.0. The molecule has 1 aromatic carbocycles. The molecule has 0 aliphatic carbocycles. The van der Waals surface area contributed by atoms with Crippen molar-refractivity contribution < 1.29 is 4.42 Å². The number of piperazine rings is 1.